The largest absolute Gasteiger partial charge is 0.370 e. The maximum Gasteiger partial charge on any atom is 0.0815 e. The minimum absolute atomic E-state index is 0.0282. The van der Waals surface area contributed by atoms with E-state index in [0.29, 0.717) is 19.8 Å². The van der Waals surface area contributed by atoms with Crippen LogP contribution in [0.15, 0.2) is 86.1 Å². The first kappa shape index (κ1) is 30.0. The fraction of sp³-hybridized carbons (Fsp3) is 0.500. The van der Waals surface area contributed by atoms with Crippen molar-refractivity contribution in [1.82, 2.24) is 0 Å². The minimum atomic E-state index is -0.0282. The van der Waals surface area contributed by atoms with E-state index in [9.17, 15) is 0 Å². The van der Waals surface area contributed by atoms with Crippen molar-refractivity contribution >= 4 is 0 Å². The lowest BCUT2D eigenvalue weighted by Crippen LogP contribution is -2.25. The molecule has 4 atom stereocenters. The summed E-state index contributed by atoms with van der Waals surface area (Å²) in [4.78, 5) is 0. The van der Waals surface area contributed by atoms with Gasteiger partial charge in [-0.25, -0.2) is 0 Å². The van der Waals surface area contributed by atoms with Gasteiger partial charge in [-0.05, 0) is 33.3 Å². The number of hydrogen-bond acceptors (Lipinski definition) is 4. The van der Waals surface area contributed by atoms with Crippen LogP contribution in [0, 0.1) is 0 Å². The molecule has 0 aliphatic carbocycles. The molecule has 0 aromatic rings. The highest BCUT2D eigenvalue weighted by molar-refractivity contribution is 5.13. The summed E-state index contributed by atoms with van der Waals surface area (Å²) in [5.41, 5.74) is 4.31. The van der Waals surface area contributed by atoms with E-state index in [1.807, 2.05) is 20.8 Å². The van der Waals surface area contributed by atoms with Gasteiger partial charge in [-0.3, -0.25) is 0 Å². The average Bonchev–Trinajstić information content (AvgIpc) is 3.14. The van der Waals surface area contributed by atoms with Gasteiger partial charge in [0.1, 0.15) is 0 Å². The molecule has 0 spiro atoms. The van der Waals surface area contributed by atoms with Crippen molar-refractivity contribution in [3.63, 3.8) is 0 Å². The molecule has 0 bridgehead atoms. The number of hydrogen-bond donors (Lipinski definition) is 0. The van der Waals surface area contributed by atoms with Gasteiger partial charge in [-0.15, -0.1) is 19.7 Å². The first-order chi connectivity index (χ1) is 15.2. The topological polar surface area (TPSA) is 36.9 Å². The Morgan fingerprint density at radius 3 is 1.59 bits per heavy atom. The van der Waals surface area contributed by atoms with Crippen molar-refractivity contribution in [2.24, 2.45) is 0 Å². The van der Waals surface area contributed by atoms with Crippen molar-refractivity contribution in [2.75, 3.05) is 26.4 Å². The zero-order valence-corrected chi connectivity index (χ0v) is 20.7. The summed E-state index contributed by atoms with van der Waals surface area (Å²) in [5.74, 6) is 0. The van der Waals surface area contributed by atoms with Crippen LogP contribution in [0.5, 0.6) is 0 Å². The number of ether oxygens (including phenoxy) is 4. The molecule has 0 radical (unpaired) electrons. The van der Waals surface area contributed by atoms with Gasteiger partial charge in [0.25, 0.3) is 0 Å². The highest BCUT2D eigenvalue weighted by Gasteiger charge is 2.22. The molecule has 0 fully saturated rings. The van der Waals surface area contributed by atoms with Crippen LogP contribution in [0.2, 0.25) is 0 Å². The summed E-state index contributed by atoms with van der Waals surface area (Å²) in [6.45, 7) is 33.0. The van der Waals surface area contributed by atoms with Crippen molar-refractivity contribution in [3.8, 4) is 0 Å². The second kappa shape index (κ2) is 17.6. The third-order valence-electron chi connectivity index (χ3n) is 4.96. The predicted molar refractivity (Wildman–Crippen MR) is 137 cm³/mol. The van der Waals surface area contributed by atoms with E-state index in [-0.39, 0.29) is 24.4 Å². The summed E-state index contributed by atoms with van der Waals surface area (Å²) in [5, 5.41) is 0. The first-order valence-electron chi connectivity index (χ1n) is 11.1. The van der Waals surface area contributed by atoms with Gasteiger partial charge in [0.05, 0.1) is 50.8 Å². The van der Waals surface area contributed by atoms with Crippen LogP contribution in [0.4, 0.5) is 0 Å². The van der Waals surface area contributed by atoms with E-state index < -0.39 is 0 Å². The summed E-state index contributed by atoms with van der Waals surface area (Å²) in [7, 11) is 0. The molecule has 0 saturated carbocycles. The molecule has 0 N–H and O–H groups in total. The van der Waals surface area contributed by atoms with Crippen molar-refractivity contribution in [3.05, 3.63) is 86.1 Å². The molecule has 1 rings (SSSR count). The predicted octanol–water partition coefficient (Wildman–Crippen LogP) is 6.54. The van der Waals surface area contributed by atoms with Crippen LogP contribution in [0.25, 0.3) is 0 Å². The Labute approximate surface area is 196 Å². The van der Waals surface area contributed by atoms with Crippen molar-refractivity contribution < 1.29 is 18.9 Å². The Kier molecular flexibility index (Phi) is 16.5. The van der Waals surface area contributed by atoms with Crippen LogP contribution >= 0.6 is 0 Å². The highest BCUT2D eigenvalue weighted by Crippen LogP contribution is 2.22. The maximum atomic E-state index is 5.65. The molecule has 1 aliphatic rings. The lowest BCUT2D eigenvalue weighted by Gasteiger charge is -2.24. The monoisotopic (exact) mass is 444 g/mol. The third-order valence-corrected chi connectivity index (χ3v) is 4.96. The molecule has 0 unspecified atom stereocenters. The lowest BCUT2D eigenvalue weighted by molar-refractivity contribution is 0.0298. The quantitative estimate of drug-likeness (QED) is 0.253. The van der Waals surface area contributed by atoms with Gasteiger partial charge in [0.15, 0.2) is 0 Å². The number of rotatable bonds is 16. The summed E-state index contributed by atoms with van der Waals surface area (Å²) in [6, 6.07) is 0. The Bertz CT molecular complexity index is 630. The SMILES string of the molecule is C=CCO[C@@H](C[C@@H](OCC=C)C(=C)C)C(=C)C.C=CCO[C@@H](C[C@H]1OCC=C1C)C(=C)C. The van der Waals surface area contributed by atoms with Crippen LogP contribution in [0.1, 0.15) is 40.5 Å². The van der Waals surface area contributed by atoms with Crippen LogP contribution in [-0.4, -0.2) is 50.8 Å². The molecular formula is C28H44O4. The Hall–Kier alpha value is -1.98. The van der Waals surface area contributed by atoms with E-state index in [2.05, 4.69) is 52.5 Å². The van der Waals surface area contributed by atoms with Crippen LogP contribution in [0.3, 0.4) is 0 Å². The Morgan fingerprint density at radius 2 is 1.28 bits per heavy atom. The molecular weight excluding hydrogens is 400 g/mol. The van der Waals surface area contributed by atoms with Gasteiger partial charge in [-0.2, -0.15) is 0 Å². The first-order valence-corrected chi connectivity index (χ1v) is 11.1. The van der Waals surface area contributed by atoms with Gasteiger partial charge in [-0.1, -0.05) is 60.8 Å². The molecule has 32 heavy (non-hydrogen) atoms. The fourth-order valence-electron chi connectivity index (χ4n) is 2.99. The zero-order valence-electron chi connectivity index (χ0n) is 20.7. The standard InChI is InChI=1S/C15H24O2.C13H20O2/c1-7-9-16-14(12(3)4)11-15(13(5)6)17-10-8-2;1-5-7-14-12(10(2)3)9-13-11(4)6-8-15-13/h7-8,14-15H,1-3,5,9-11H2,4,6H3;5-6,12-13H,1-2,7-9H2,3-4H3/t14-,15+;12-,13+/m.0/s1. The third kappa shape index (κ3) is 12.8. The zero-order chi connectivity index (χ0) is 24.5. The van der Waals surface area contributed by atoms with E-state index in [1.54, 1.807) is 18.2 Å². The summed E-state index contributed by atoms with van der Waals surface area (Å²) >= 11 is 0. The highest BCUT2D eigenvalue weighted by atomic mass is 16.5. The van der Waals surface area contributed by atoms with E-state index in [0.717, 1.165) is 36.2 Å². The molecule has 4 nitrogen and oxygen atoms in total. The second-order valence-electron chi connectivity index (χ2n) is 8.11. The molecule has 4 heteroatoms. The second-order valence-corrected chi connectivity index (χ2v) is 8.11. The summed E-state index contributed by atoms with van der Waals surface area (Å²) < 4.78 is 22.5. The Balaban J connectivity index is 0.000000604. The van der Waals surface area contributed by atoms with E-state index >= 15 is 0 Å². The molecule has 0 aromatic carbocycles. The molecule has 1 aliphatic heterocycles. The van der Waals surface area contributed by atoms with Crippen molar-refractivity contribution in [1.29, 1.82) is 0 Å². The van der Waals surface area contributed by atoms with Gasteiger partial charge >= 0.3 is 0 Å². The van der Waals surface area contributed by atoms with Crippen molar-refractivity contribution in [2.45, 2.75) is 65.0 Å². The van der Waals surface area contributed by atoms with Crippen LogP contribution < -0.4 is 0 Å². The van der Waals surface area contributed by atoms with Crippen LogP contribution in [-0.2, 0) is 18.9 Å². The maximum absolute atomic E-state index is 5.65. The molecule has 0 aromatic heterocycles. The molecule has 180 valence electrons. The lowest BCUT2D eigenvalue weighted by atomic mass is 10.0. The minimum Gasteiger partial charge on any atom is -0.370 e. The summed E-state index contributed by atoms with van der Waals surface area (Å²) in [6.07, 6.45) is 9.12. The van der Waals surface area contributed by atoms with Gasteiger partial charge in [0.2, 0.25) is 0 Å². The average molecular weight is 445 g/mol. The van der Waals surface area contributed by atoms with E-state index in [4.69, 9.17) is 18.9 Å². The van der Waals surface area contributed by atoms with E-state index in [1.165, 1.54) is 5.57 Å². The van der Waals surface area contributed by atoms with Gasteiger partial charge in [0, 0.05) is 12.8 Å². The molecule has 0 saturated heterocycles. The fourth-order valence-corrected chi connectivity index (χ4v) is 2.99. The normalized spacial score (nSPS) is 17.8. The smallest absolute Gasteiger partial charge is 0.0815 e. The molecule has 0 amide bonds. The molecule has 1 heterocycles. The van der Waals surface area contributed by atoms with Gasteiger partial charge < -0.3 is 18.9 Å². The Morgan fingerprint density at radius 1 is 0.875 bits per heavy atom.